The number of hydrogen-bond acceptors (Lipinski definition) is 3. The lowest BCUT2D eigenvalue weighted by molar-refractivity contribution is -0.0517. The fourth-order valence-electron chi connectivity index (χ4n) is 2.32. The molecule has 0 N–H and O–H groups in total. The van der Waals surface area contributed by atoms with Gasteiger partial charge in [-0.25, -0.2) is 12.8 Å². The summed E-state index contributed by atoms with van der Waals surface area (Å²) >= 11 is 0. The zero-order chi connectivity index (χ0) is 21.5. The van der Waals surface area contributed by atoms with Gasteiger partial charge in [0.1, 0.15) is 6.67 Å². The monoisotopic (exact) mass is 444 g/mol. The fourth-order valence-corrected chi connectivity index (χ4v) is 4.55. The molecule has 0 fully saturated rings. The van der Waals surface area contributed by atoms with Gasteiger partial charge in [0.05, 0.1) is 10.9 Å². The van der Waals surface area contributed by atoms with E-state index in [1.165, 1.54) is 9.79 Å². The minimum absolute atomic E-state index is 0.266. The molecular weight excluding hydrogens is 428 g/mol. The van der Waals surface area contributed by atoms with Crippen molar-refractivity contribution in [2.45, 2.75) is 26.9 Å². The van der Waals surface area contributed by atoms with E-state index in [0.717, 1.165) is 10.5 Å². The molecule has 29 heavy (non-hydrogen) atoms. The van der Waals surface area contributed by atoms with Crippen molar-refractivity contribution in [2.24, 2.45) is 0 Å². The topological polar surface area (TPSA) is 57.2 Å². The van der Waals surface area contributed by atoms with Crippen LogP contribution in [0.4, 0.5) is 17.6 Å². The van der Waals surface area contributed by atoms with E-state index < -0.39 is 22.3 Å². The second-order valence-corrected chi connectivity index (χ2v) is 8.94. The summed E-state index contributed by atoms with van der Waals surface area (Å²) < 4.78 is 72.3. The highest BCUT2D eigenvalue weighted by Gasteiger charge is 2.37. The van der Waals surface area contributed by atoms with Crippen molar-refractivity contribution >= 4 is 21.0 Å². The van der Waals surface area contributed by atoms with Crippen LogP contribution < -0.4 is 0 Å². The van der Waals surface area contributed by atoms with Crippen LogP contribution in [0.1, 0.15) is 5.56 Å². The zero-order valence-corrected chi connectivity index (χ0v) is 16.5. The first-order valence-electron chi connectivity index (χ1n) is 8.15. The second-order valence-electron chi connectivity index (χ2n) is 5.57. The molecule has 0 heterocycles. The van der Waals surface area contributed by atoms with E-state index in [-0.39, 0.29) is 10.9 Å². The first-order valence-corrected chi connectivity index (χ1v) is 10.8. The van der Waals surface area contributed by atoms with E-state index in [2.05, 4.69) is 24.3 Å². The van der Waals surface area contributed by atoms with Crippen LogP contribution in [0.15, 0.2) is 99.6 Å². The van der Waals surface area contributed by atoms with Gasteiger partial charge in [-0.2, -0.15) is 13.2 Å². The molecule has 0 aromatic heterocycles. The Morgan fingerprint density at radius 1 is 0.759 bits per heavy atom. The van der Waals surface area contributed by atoms with Gasteiger partial charge in [0.25, 0.3) is 0 Å². The zero-order valence-electron chi connectivity index (χ0n) is 14.8. The summed E-state index contributed by atoms with van der Waals surface area (Å²) in [6.45, 7) is -0.431. The van der Waals surface area contributed by atoms with E-state index in [0.29, 0.717) is 0 Å². The number of alkyl halides is 4. The third-order valence-electron chi connectivity index (χ3n) is 3.58. The Morgan fingerprint density at radius 3 is 1.52 bits per heavy atom. The molecule has 0 aliphatic carbocycles. The second kappa shape index (κ2) is 9.91. The number of rotatable bonds is 4. The Morgan fingerprint density at radius 2 is 1.14 bits per heavy atom. The van der Waals surface area contributed by atoms with Crippen LogP contribution in [-0.4, -0.2) is 18.5 Å². The van der Waals surface area contributed by atoms with Gasteiger partial charge in [0.2, 0.25) is 0 Å². The smallest absolute Gasteiger partial charge is 0.485 e. The Hall–Kier alpha value is -2.36. The van der Waals surface area contributed by atoms with Crippen molar-refractivity contribution in [3.63, 3.8) is 0 Å². The average Bonchev–Trinajstić information content (AvgIpc) is 2.69. The van der Waals surface area contributed by atoms with Crippen LogP contribution in [0, 0.1) is 0 Å². The number of benzene rings is 3. The third-order valence-corrected chi connectivity index (χ3v) is 6.47. The lowest BCUT2D eigenvalue weighted by Crippen LogP contribution is -2.21. The van der Waals surface area contributed by atoms with E-state index >= 15 is 0 Å². The van der Waals surface area contributed by atoms with Crippen LogP contribution in [0.3, 0.4) is 0 Å². The van der Waals surface area contributed by atoms with E-state index in [9.17, 15) is 17.6 Å². The standard InChI is InChI=1S/C19H16FS.CHF3O3S/c20-15-16-9-7-8-14-19(16)21(17-10-3-1-4-11-17)18-12-5-2-6-13-18;2-1(3,4)8(5,6)7/h1-14H,15H2;(H,5,6,7)/q+1;/p-1. The Labute approximate surface area is 169 Å². The molecule has 0 atom stereocenters. The normalized spacial score (nSPS) is 11.7. The first kappa shape index (κ1) is 22.9. The van der Waals surface area contributed by atoms with Crippen molar-refractivity contribution in [3.8, 4) is 0 Å². The Balaban J connectivity index is 0.000000321. The molecule has 0 aliphatic rings. The van der Waals surface area contributed by atoms with Gasteiger partial charge < -0.3 is 4.55 Å². The van der Waals surface area contributed by atoms with Gasteiger partial charge in [-0.1, -0.05) is 54.6 Å². The van der Waals surface area contributed by atoms with Gasteiger partial charge in [-0.05, 0) is 30.3 Å². The summed E-state index contributed by atoms with van der Waals surface area (Å²) in [6.07, 6.45) is 0. The largest absolute Gasteiger partial charge is 0.741 e. The maximum Gasteiger partial charge on any atom is 0.485 e. The highest BCUT2D eigenvalue weighted by molar-refractivity contribution is 7.97. The first-order chi connectivity index (χ1) is 13.6. The number of halogens is 4. The van der Waals surface area contributed by atoms with E-state index in [1.54, 1.807) is 0 Å². The molecule has 3 rings (SSSR count). The predicted octanol–water partition coefficient (Wildman–Crippen LogP) is 5.30. The average molecular weight is 444 g/mol. The molecule has 154 valence electrons. The molecule has 0 unspecified atom stereocenters. The molecule has 0 aliphatic heterocycles. The quantitative estimate of drug-likeness (QED) is 0.237. The SMILES string of the molecule is FCc1ccccc1[S+](c1ccccc1)c1ccccc1.O=S(=O)([O-])C(F)(F)F. The molecule has 0 bridgehead atoms. The van der Waals surface area contributed by atoms with Crippen molar-refractivity contribution in [2.75, 3.05) is 0 Å². The summed E-state index contributed by atoms with van der Waals surface area (Å²) in [5.41, 5.74) is -4.87. The molecule has 0 amide bonds. The van der Waals surface area contributed by atoms with E-state index in [1.807, 2.05) is 60.7 Å². The van der Waals surface area contributed by atoms with Crippen LogP contribution >= 0.6 is 0 Å². The predicted molar refractivity (Wildman–Crippen MR) is 102 cm³/mol. The third kappa shape index (κ3) is 6.31. The lowest BCUT2D eigenvalue weighted by Gasteiger charge is -2.10. The molecule has 9 heteroatoms. The van der Waals surface area contributed by atoms with Crippen molar-refractivity contribution in [1.29, 1.82) is 0 Å². The molecule has 3 aromatic carbocycles. The highest BCUT2D eigenvalue weighted by atomic mass is 32.2. The minimum atomic E-state index is -6.09. The molecule has 3 aromatic rings. The van der Waals surface area contributed by atoms with Crippen LogP contribution in [0.2, 0.25) is 0 Å². The molecule has 3 nitrogen and oxygen atoms in total. The Bertz CT molecular complexity index is 969. The van der Waals surface area contributed by atoms with Crippen molar-refractivity contribution < 1.29 is 30.5 Å². The van der Waals surface area contributed by atoms with Crippen LogP contribution in [0.25, 0.3) is 0 Å². The maximum atomic E-state index is 13.4. The van der Waals surface area contributed by atoms with Crippen molar-refractivity contribution in [3.05, 3.63) is 90.5 Å². The van der Waals surface area contributed by atoms with Crippen molar-refractivity contribution in [1.82, 2.24) is 0 Å². The van der Waals surface area contributed by atoms with Gasteiger partial charge in [0.15, 0.2) is 24.8 Å². The number of hydrogen-bond donors (Lipinski definition) is 0. The maximum absolute atomic E-state index is 13.4. The Kier molecular flexibility index (Phi) is 7.83. The minimum Gasteiger partial charge on any atom is -0.741 e. The molecule has 0 saturated carbocycles. The van der Waals surface area contributed by atoms with Gasteiger partial charge in [-0.15, -0.1) is 0 Å². The molecule has 0 spiro atoms. The fraction of sp³-hybridized carbons (Fsp3) is 0.100. The van der Waals surface area contributed by atoms with Crippen LogP contribution in [-0.2, 0) is 27.7 Å². The van der Waals surface area contributed by atoms with Gasteiger partial charge in [-0.3, -0.25) is 0 Å². The van der Waals surface area contributed by atoms with E-state index in [4.69, 9.17) is 13.0 Å². The highest BCUT2D eigenvalue weighted by Crippen LogP contribution is 2.33. The molecule has 0 saturated heterocycles. The lowest BCUT2D eigenvalue weighted by atomic mass is 10.2. The summed E-state index contributed by atoms with van der Waals surface area (Å²) in [4.78, 5) is 3.49. The summed E-state index contributed by atoms with van der Waals surface area (Å²) in [5.74, 6) is 0. The molecule has 0 radical (unpaired) electrons. The van der Waals surface area contributed by atoms with Gasteiger partial charge >= 0.3 is 5.51 Å². The van der Waals surface area contributed by atoms with Crippen LogP contribution in [0.5, 0.6) is 0 Å². The summed E-state index contributed by atoms with van der Waals surface area (Å²) in [7, 11) is -6.36. The summed E-state index contributed by atoms with van der Waals surface area (Å²) in [6, 6.07) is 28.4. The molecular formula is C20H16F4O3S2. The van der Waals surface area contributed by atoms with Gasteiger partial charge in [0, 0.05) is 5.56 Å². The summed E-state index contributed by atoms with van der Waals surface area (Å²) in [5, 5.41) is 0.